The summed E-state index contributed by atoms with van der Waals surface area (Å²) in [5.74, 6) is 1.76. The first-order valence-electron chi connectivity index (χ1n) is 8.65. The van der Waals surface area contributed by atoms with Crippen LogP contribution in [0.5, 0.6) is 5.75 Å². The molecular weight excluding hydrogens is 459 g/mol. The molecule has 0 aliphatic carbocycles. The predicted octanol–water partition coefficient (Wildman–Crippen LogP) is 4.13. The zero-order valence-corrected chi connectivity index (χ0v) is 19.3. The first kappa shape index (κ1) is 22.7. The molecule has 2 N–H and O–H groups in total. The molecule has 5 nitrogen and oxygen atoms in total. The number of nitrogens with zero attached hydrogens (tertiary/aromatic N) is 2. The summed E-state index contributed by atoms with van der Waals surface area (Å²) in [4.78, 5) is 10.4. The van der Waals surface area contributed by atoms with Crippen molar-refractivity contribution in [2.45, 2.75) is 41.2 Å². The molecule has 144 valence electrons. The van der Waals surface area contributed by atoms with Gasteiger partial charge in [0, 0.05) is 11.4 Å². The SMILES string of the molecule is CCNC(=NCc1nc(C)c(C)s1)NCCOc1c(C)cccc1C.I. The third-order valence-corrected chi connectivity index (χ3v) is 4.90. The van der Waals surface area contributed by atoms with Crippen LogP contribution in [-0.4, -0.2) is 30.6 Å². The molecule has 0 aliphatic rings. The smallest absolute Gasteiger partial charge is 0.191 e. The van der Waals surface area contributed by atoms with Crippen molar-refractivity contribution in [3.63, 3.8) is 0 Å². The summed E-state index contributed by atoms with van der Waals surface area (Å²) < 4.78 is 5.92. The van der Waals surface area contributed by atoms with Crippen LogP contribution < -0.4 is 15.4 Å². The number of guanidine groups is 1. The summed E-state index contributed by atoms with van der Waals surface area (Å²) in [6.45, 7) is 13.0. The van der Waals surface area contributed by atoms with Crippen molar-refractivity contribution in [2.24, 2.45) is 4.99 Å². The fourth-order valence-corrected chi connectivity index (χ4v) is 3.30. The van der Waals surface area contributed by atoms with E-state index in [-0.39, 0.29) is 24.0 Å². The maximum Gasteiger partial charge on any atom is 0.191 e. The first-order valence-corrected chi connectivity index (χ1v) is 9.47. The molecule has 2 aromatic rings. The summed E-state index contributed by atoms with van der Waals surface area (Å²) in [6, 6.07) is 6.19. The van der Waals surface area contributed by atoms with E-state index in [2.05, 4.69) is 60.4 Å². The van der Waals surface area contributed by atoms with Crippen LogP contribution in [0.2, 0.25) is 0 Å². The number of benzene rings is 1. The molecule has 0 radical (unpaired) electrons. The molecule has 2 rings (SSSR count). The molecule has 0 amide bonds. The molecule has 0 spiro atoms. The lowest BCUT2D eigenvalue weighted by Crippen LogP contribution is -2.39. The van der Waals surface area contributed by atoms with Crippen LogP contribution in [0.15, 0.2) is 23.2 Å². The molecule has 0 unspecified atom stereocenters. The Kier molecular flexibility index (Phi) is 9.93. The van der Waals surface area contributed by atoms with Crippen LogP contribution in [0, 0.1) is 27.7 Å². The van der Waals surface area contributed by atoms with Crippen molar-refractivity contribution in [1.82, 2.24) is 15.6 Å². The second kappa shape index (κ2) is 11.4. The molecule has 0 fully saturated rings. The minimum atomic E-state index is 0. The van der Waals surface area contributed by atoms with Gasteiger partial charge in [0.25, 0.3) is 0 Å². The van der Waals surface area contributed by atoms with Crippen molar-refractivity contribution >= 4 is 41.3 Å². The molecule has 0 saturated carbocycles. The van der Waals surface area contributed by atoms with Crippen LogP contribution >= 0.6 is 35.3 Å². The summed E-state index contributed by atoms with van der Waals surface area (Å²) in [7, 11) is 0. The van der Waals surface area contributed by atoms with Crippen LogP contribution in [0.1, 0.15) is 33.6 Å². The van der Waals surface area contributed by atoms with Gasteiger partial charge in [-0.15, -0.1) is 35.3 Å². The van der Waals surface area contributed by atoms with Gasteiger partial charge in [-0.25, -0.2) is 9.98 Å². The topological polar surface area (TPSA) is 58.5 Å². The normalized spacial score (nSPS) is 11.0. The molecule has 0 aliphatic heterocycles. The standard InChI is InChI=1S/C19H28N4OS.HI/c1-6-20-19(22-12-17-23-15(4)16(5)25-17)21-10-11-24-18-13(2)8-7-9-14(18)3;/h7-9H,6,10-12H2,1-5H3,(H2,20,21,22);1H. The lowest BCUT2D eigenvalue weighted by atomic mass is 10.1. The van der Waals surface area contributed by atoms with Gasteiger partial charge in [0.15, 0.2) is 5.96 Å². The zero-order valence-electron chi connectivity index (χ0n) is 16.2. The fourth-order valence-electron chi connectivity index (χ4n) is 2.44. The molecule has 1 aromatic carbocycles. The second-order valence-electron chi connectivity index (χ2n) is 5.94. The minimum Gasteiger partial charge on any atom is -0.491 e. The van der Waals surface area contributed by atoms with Gasteiger partial charge in [0.2, 0.25) is 0 Å². The Morgan fingerprint density at radius 1 is 1.15 bits per heavy atom. The average Bonchev–Trinajstić information content (AvgIpc) is 2.89. The van der Waals surface area contributed by atoms with Gasteiger partial charge >= 0.3 is 0 Å². The molecule has 1 aromatic heterocycles. The van der Waals surface area contributed by atoms with Gasteiger partial charge in [0.05, 0.1) is 18.8 Å². The van der Waals surface area contributed by atoms with Crippen molar-refractivity contribution in [2.75, 3.05) is 19.7 Å². The molecular formula is C19H29IN4OS. The number of hydrogen-bond donors (Lipinski definition) is 2. The highest BCUT2D eigenvalue weighted by atomic mass is 127. The quantitative estimate of drug-likeness (QED) is 0.266. The first-order chi connectivity index (χ1) is 12.0. The average molecular weight is 488 g/mol. The van der Waals surface area contributed by atoms with E-state index in [0.29, 0.717) is 19.7 Å². The number of aliphatic imine (C=N–C) groups is 1. The zero-order chi connectivity index (χ0) is 18.2. The molecule has 0 bridgehead atoms. The Morgan fingerprint density at radius 3 is 2.42 bits per heavy atom. The Labute approximate surface area is 177 Å². The number of halogens is 1. The highest BCUT2D eigenvalue weighted by Gasteiger charge is 2.05. The number of hydrogen-bond acceptors (Lipinski definition) is 4. The van der Waals surface area contributed by atoms with E-state index in [9.17, 15) is 0 Å². The lowest BCUT2D eigenvalue weighted by molar-refractivity contribution is 0.317. The molecule has 0 atom stereocenters. The van der Waals surface area contributed by atoms with Crippen LogP contribution in [0.4, 0.5) is 0 Å². The minimum absolute atomic E-state index is 0. The third kappa shape index (κ3) is 6.75. The number of para-hydroxylation sites is 1. The monoisotopic (exact) mass is 488 g/mol. The predicted molar refractivity (Wildman–Crippen MR) is 121 cm³/mol. The summed E-state index contributed by atoms with van der Waals surface area (Å²) in [6.07, 6.45) is 0. The van der Waals surface area contributed by atoms with Crippen molar-refractivity contribution in [1.29, 1.82) is 0 Å². The summed E-state index contributed by atoms with van der Waals surface area (Å²) in [5.41, 5.74) is 3.42. The van der Waals surface area contributed by atoms with Gasteiger partial charge in [-0.1, -0.05) is 18.2 Å². The van der Waals surface area contributed by atoms with E-state index < -0.39 is 0 Å². The third-order valence-electron chi connectivity index (χ3n) is 3.84. The largest absolute Gasteiger partial charge is 0.491 e. The van der Waals surface area contributed by atoms with Crippen molar-refractivity contribution in [3.8, 4) is 5.75 Å². The van der Waals surface area contributed by atoms with E-state index in [1.165, 1.54) is 4.88 Å². The highest BCUT2D eigenvalue weighted by molar-refractivity contribution is 14.0. The maximum atomic E-state index is 5.92. The van der Waals surface area contributed by atoms with E-state index in [0.717, 1.165) is 40.1 Å². The maximum absolute atomic E-state index is 5.92. The summed E-state index contributed by atoms with van der Waals surface area (Å²) in [5, 5.41) is 7.61. The van der Waals surface area contributed by atoms with Crippen molar-refractivity contribution < 1.29 is 4.74 Å². The molecule has 1 heterocycles. The van der Waals surface area contributed by atoms with Crippen LogP contribution in [0.3, 0.4) is 0 Å². The Morgan fingerprint density at radius 2 is 1.85 bits per heavy atom. The number of nitrogens with one attached hydrogen (secondary N) is 2. The molecule has 26 heavy (non-hydrogen) atoms. The van der Waals surface area contributed by atoms with Gasteiger partial charge in [0.1, 0.15) is 17.4 Å². The van der Waals surface area contributed by atoms with Crippen LogP contribution in [-0.2, 0) is 6.54 Å². The Bertz CT molecular complexity index is 691. The van der Waals surface area contributed by atoms with E-state index >= 15 is 0 Å². The number of ether oxygens (including phenoxy) is 1. The fraction of sp³-hybridized carbons (Fsp3) is 0.474. The lowest BCUT2D eigenvalue weighted by Gasteiger charge is -2.14. The Balaban J connectivity index is 0.00000338. The Hall–Kier alpha value is -1.35. The van der Waals surface area contributed by atoms with E-state index in [1.54, 1.807) is 11.3 Å². The van der Waals surface area contributed by atoms with Crippen molar-refractivity contribution in [3.05, 3.63) is 44.9 Å². The number of thiazole rings is 1. The van der Waals surface area contributed by atoms with E-state index in [4.69, 9.17) is 4.74 Å². The van der Waals surface area contributed by atoms with Gasteiger partial charge < -0.3 is 15.4 Å². The number of aryl methyl sites for hydroxylation is 4. The number of aromatic nitrogens is 1. The number of rotatable bonds is 7. The van der Waals surface area contributed by atoms with Gasteiger partial charge in [-0.3, -0.25) is 0 Å². The van der Waals surface area contributed by atoms with Crippen LogP contribution in [0.25, 0.3) is 0 Å². The molecule has 0 saturated heterocycles. The highest BCUT2D eigenvalue weighted by Crippen LogP contribution is 2.22. The second-order valence-corrected chi connectivity index (χ2v) is 7.23. The van der Waals surface area contributed by atoms with E-state index in [1.807, 2.05) is 13.0 Å². The molecule has 7 heteroatoms. The van der Waals surface area contributed by atoms with Gasteiger partial charge in [-0.05, 0) is 45.7 Å². The summed E-state index contributed by atoms with van der Waals surface area (Å²) >= 11 is 1.70. The van der Waals surface area contributed by atoms with Gasteiger partial charge in [-0.2, -0.15) is 0 Å².